The fourth-order valence-corrected chi connectivity index (χ4v) is 0.991. The predicted octanol–water partition coefficient (Wildman–Crippen LogP) is 2.22. The van der Waals surface area contributed by atoms with Gasteiger partial charge in [-0.15, -0.1) is 0 Å². The molecule has 0 N–H and O–H groups in total. The summed E-state index contributed by atoms with van der Waals surface area (Å²) in [6.07, 6.45) is 0. The SMILES string of the molecule is N#Cc1c(F)cc(F)cc1C(=O)Cl. The second-order valence-electron chi connectivity index (χ2n) is 2.20. The van der Waals surface area contributed by atoms with Gasteiger partial charge in [0.15, 0.2) is 0 Å². The standard InChI is InChI=1S/C8H2ClF2NO/c9-8(13)5-1-4(10)2-7(11)6(5)3-12/h1-2H. The molecule has 1 rings (SSSR count). The minimum absolute atomic E-state index is 0.457. The van der Waals surface area contributed by atoms with Crippen LogP contribution in [0.3, 0.4) is 0 Å². The predicted molar refractivity (Wildman–Crippen MR) is 41.3 cm³/mol. The molecule has 0 atom stereocenters. The first-order valence-corrected chi connectivity index (χ1v) is 3.53. The molecule has 0 aliphatic heterocycles. The van der Waals surface area contributed by atoms with Gasteiger partial charge >= 0.3 is 0 Å². The van der Waals surface area contributed by atoms with Crippen molar-refractivity contribution < 1.29 is 13.6 Å². The van der Waals surface area contributed by atoms with Crippen molar-refractivity contribution in [3.05, 3.63) is 34.9 Å². The summed E-state index contributed by atoms with van der Waals surface area (Å²) in [4.78, 5) is 10.6. The lowest BCUT2D eigenvalue weighted by Gasteiger charge is -1.99. The Kier molecular flexibility index (Phi) is 2.59. The normalized spacial score (nSPS) is 9.38. The van der Waals surface area contributed by atoms with Gasteiger partial charge in [0.2, 0.25) is 0 Å². The first kappa shape index (κ1) is 9.62. The van der Waals surface area contributed by atoms with E-state index in [0.717, 1.165) is 6.07 Å². The Morgan fingerprint density at radius 1 is 1.46 bits per heavy atom. The molecule has 0 unspecified atom stereocenters. The van der Waals surface area contributed by atoms with Gasteiger partial charge in [0, 0.05) is 6.07 Å². The summed E-state index contributed by atoms with van der Waals surface area (Å²) in [5.41, 5.74) is -0.997. The second kappa shape index (κ2) is 3.50. The Morgan fingerprint density at radius 3 is 2.54 bits per heavy atom. The topological polar surface area (TPSA) is 40.9 Å². The smallest absolute Gasteiger partial charge is 0.253 e. The molecule has 0 aromatic heterocycles. The third-order valence-corrected chi connectivity index (χ3v) is 1.58. The van der Waals surface area contributed by atoms with E-state index in [2.05, 4.69) is 0 Å². The summed E-state index contributed by atoms with van der Waals surface area (Å²) in [5.74, 6) is -2.04. The molecule has 1 aromatic rings. The fraction of sp³-hybridized carbons (Fsp3) is 0. The van der Waals surface area contributed by atoms with Crippen LogP contribution in [0.1, 0.15) is 15.9 Å². The van der Waals surface area contributed by atoms with Crippen LogP contribution in [0.15, 0.2) is 12.1 Å². The highest BCUT2D eigenvalue weighted by molar-refractivity contribution is 6.68. The van der Waals surface area contributed by atoms with Gasteiger partial charge < -0.3 is 0 Å². The van der Waals surface area contributed by atoms with E-state index in [1.807, 2.05) is 0 Å². The van der Waals surface area contributed by atoms with E-state index in [-0.39, 0.29) is 0 Å². The lowest BCUT2D eigenvalue weighted by Crippen LogP contribution is -1.99. The minimum atomic E-state index is -1.09. The summed E-state index contributed by atoms with van der Waals surface area (Å²) in [6.45, 7) is 0. The zero-order valence-corrected chi connectivity index (χ0v) is 6.90. The maximum atomic E-state index is 12.8. The molecule has 13 heavy (non-hydrogen) atoms. The van der Waals surface area contributed by atoms with Gasteiger partial charge in [-0.1, -0.05) is 0 Å². The minimum Gasteiger partial charge on any atom is -0.276 e. The first-order chi connectivity index (χ1) is 6.06. The van der Waals surface area contributed by atoms with E-state index in [1.165, 1.54) is 6.07 Å². The van der Waals surface area contributed by atoms with Gasteiger partial charge in [-0.2, -0.15) is 5.26 Å². The van der Waals surface area contributed by atoms with Gasteiger partial charge in [-0.25, -0.2) is 8.78 Å². The number of benzene rings is 1. The average Bonchev–Trinajstić information content (AvgIpc) is 2.02. The van der Waals surface area contributed by atoms with Crippen LogP contribution in [-0.2, 0) is 0 Å². The number of carbonyl (C=O) groups excluding carboxylic acids is 1. The van der Waals surface area contributed by atoms with Gasteiger partial charge in [-0.05, 0) is 17.7 Å². The highest BCUT2D eigenvalue weighted by Crippen LogP contribution is 2.16. The van der Waals surface area contributed by atoms with Gasteiger partial charge in [0.1, 0.15) is 17.7 Å². The van der Waals surface area contributed by atoms with Gasteiger partial charge in [0.05, 0.1) is 11.1 Å². The molecule has 0 saturated carbocycles. The number of rotatable bonds is 1. The summed E-state index contributed by atoms with van der Waals surface area (Å²) in [7, 11) is 0. The van der Waals surface area contributed by atoms with Crippen LogP contribution >= 0.6 is 11.6 Å². The van der Waals surface area contributed by atoms with E-state index in [1.54, 1.807) is 0 Å². The third-order valence-electron chi connectivity index (χ3n) is 1.38. The number of nitriles is 1. The number of nitrogens with zero attached hydrogens (tertiary/aromatic N) is 1. The van der Waals surface area contributed by atoms with E-state index in [0.29, 0.717) is 6.07 Å². The first-order valence-electron chi connectivity index (χ1n) is 3.15. The summed E-state index contributed by atoms with van der Waals surface area (Å²) in [5, 5.41) is 7.36. The second-order valence-corrected chi connectivity index (χ2v) is 2.54. The maximum Gasteiger partial charge on any atom is 0.253 e. The molecule has 0 saturated heterocycles. The number of carbonyl (C=O) groups is 1. The van der Waals surface area contributed by atoms with Crippen LogP contribution < -0.4 is 0 Å². The number of hydrogen-bond acceptors (Lipinski definition) is 2. The molecule has 2 nitrogen and oxygen atoms in total. The van der Waals surface area contributed by atoms with Crippen LogP contribution in [0.2, 0.25) is 0 Å². The van der Waals surface area contributed by atoms with Gasteiger partial charge in [0.25, 0.3) is 5.24 Å². The zero-order valence-electron chi connectivity index (χ0n) is 6.14. The van der Waals surface area contributed by atoms with Crippen molar-refractivity contribution in [1.29, 1.82) is 5.26 Å². The van der Waals surface area contributed by atoms with E-state index >= 15 is 0 Å². The molecule has 5 heteroatoms. The molecule has 0 aliphatic rings. The number of halogens is 3. The Balaban J connectivity index is 3.50. The quantitative estimate of drug-likeness (QED) is 0.654. The van der Waals surface area contributed by atoms with Crippen LogP contribution in [0.25, 0.3) is 0 Å². The van der Waals surface area contributed by atoms with E-state index < -0.39 is 28.0 Å². The van der Waals surface area contributed by atoms with Crippen LogP contribution in [0.5, 0.6) is 0 Å². The maximum absolute atomic E-state index is 12.8. The summed E-state index contributed by atoms with van der Waals surface area (Å²) in [6, 6.07) is 2.66. The molecule has 0 aliphatic carbocycles. The third kappa shape index (κ3) is 1.82. The van der Waals surface area contributed by atoms with Gasteiger partial charge in [-0.3, -0.25) is 4.79 Å². The van der Waals surface area contributed by atoms with Crippen molar-refractivity contribution in [2.45, 2.75) is 0 Å². The van der Waals surface area contributed by atoms with E-state index in [4.69, 9.17) is 16.9 Å². The Hall–Kier alpha value is -1.47. The largest absolute Gasteiger partial charge is 0.276 e. The molecule has 1 aromatic carbocycles. The lowest BCUT2D eigenvalue weighted by molar-refractivity contribution is 0.108. The zero-order chi connectivity index (χ0) is 10.0. The average molecular weight is 202 g/mol. The molecular formula is C8H2ClF2NO. The van der Waals surface area contributed by atoms with Crippen LogP contribution in [0, 0.1) is 23.0 Å². The Labute approximate surface area is 77.3 Å². The number of hydrogen-bond donors (Lipinski definition) is 0. The molecule has 0 spiro atoms. The summed E-state index contributed by atoms with van der Waals surface area (Å²) < 4.78 is 25.3. The Morgan fingerprint density at radius 2 is 2.08 bits per heavy atom. The molecule has 0 radical (unpaired) electrons. The monoisotopic (exact) mass is 201 g/mol. The highest BCUT2D eigenvalue weighted by Gasteiger charge is 2.15. The molecular weight excluding hydrogens is 200 g/mol. The Bertz CT molecular complexity index is 411. The molecule has 66 valence electrons. The van der Waals surface area contributed by atoms with E-state index in [9.17, 15) is 13.6 Å². The van der Waals surface area contributed by atoms with Crippen molar-refractivity contribution in [2.75, 3.05) is 0 Å². The molecule has 0 amide bonds. The van der Waals surface area contributed by atoms with Crippen molar-refractivity contribution in [3.8, 4) is 6.07 Å². The lowest BCUT2D eigenvalue weighted by atomic mass is 10.1. The van der Waals surface area contributed by atoms with Crippen molar-refractivity contribution in [1.82, 2.24) is 0 Å². The molecule has 0 bridgehead atoms. The molecule has 0 fully saturated rings. The highest BCUT2D eigenvalue weighted by atomic mass is 35.5. The van der Waals surface area contributed by atoms with Crippen LogP contribution in [0.4, 0.5) is 8.78 Å². The van der Waals surface area contributed by atoms with Crippen molar-refractivity contribution in [3.63, 3.8) is 0 Å². The summed E-state index contributed by atoms with van der Waals surface area (Å²) >= 11 is 5.01. The molecule has 0 heterocycles. The fourth-order valence-electron chi connectivity index (χ4n) is 0.842. The van der Waals surface area contributed by atoms with Crippen molar-refractivity contribution in [2.24, 2.45) is 0 Å². The van der Waals surface area contributed by atoms with Crippen molar-refractivity contribution >= 4 is 16.8 Å². The van der Waals surface area contributed by atoms with Crippen LogP contribution in [-0.4, -0.2) is 5.24 Å².